The van der Waals surface area contributed by atoms with Crippen LogP contribution in [0.25, 0.3) is 11.0 Å². The minimum Gasteiger partial charge on any atom is -0.316 e. The third-order valence-electron chi connectivity index (χ3n) is 2.73. The van der Waals surface area contributed by atoms with Crippen molar-refractivity contribution >= 4 is 28.2 Å². The molecule has 0 saturated heterocycles. The molecule has 0 spiro atoms. The Hall–Kier alpha value is -2.47. The lowest BCUT2D eigenvalue weighted by Crippen LogP contribution is -2.28. The van der Waals surface area contributed by atoms with Crippen LogP contribution in [0.3, 0.4) is 0 Å². The van der Waals surface area contributed by atoms with Crippen molar-refractivity contribution < 1.29 is 4.79 Å². The van der Waals surface area contributed by atoms with Gasteiger partial charge in [-0.1, -0.05) is 6.07 Å². The van der Waals surface area contributed by atoms with Crippen molar-refractivity contribution in [3.05, 3.63) is 66.9 Å². The Morgan fingerprint density at radius 2 is 1.74 bits per heavy atom. The van der Waals surface area contributed by atoms with E-state index in [0.717, 1.165) is 0 Å². The molecule has 5 nitrogen and oxygen atoms in total. The molecule has 19 heavy (non-hydrogen) atoms. The molecule has 2 N–H and O–H groups in total. The van der Waals surface area contributed by atoms with Crippen molar-refractivity contribution in [3.63, 3.8) is 0 Å². The molecule has 6 heteroatoms. The molecule has 2 aromatic heterocycles. The summed E-state index contributed by atoms with van der Waals surface area (Å²) in [6.45, 7) is 0. The van der Waals surface area contributed by atoms with Gasteiger partial charge in [-0.05, 0) is 29.6 Å². The maximum absolute atomic E-state index is 12.1. The first-order valence-electron chi connectivity index (χ1n) is 5.50. The number of benzene rings is 1. The van der Waals surface area contributed by atoms with Crippen LogP contribution in [0.2, 0.25) is 0 Å². The van der Waals surface area contributed by atoms with Crippen molar-refractivity contribution in [3.8, 4) is 0 Å². The normalized spacial score (nSPS) is 10.7. The maximum atomic E-state index is 12.1. The number of carbonyl (C=O) groups is 1. The van der Waals surface area contributed by atoms with Gasteiger partial charge in [0, 0.05) is 5.56 Å². The highest BCUT2D eigenvalue weighted by atomic mass is 32.1. The van der Waals surface area contributed by atoms with Gasteiger partial charge < -0.3 is 9.97 Å². The van der Waals surface area contributed by atoms with Gasteiger partial charge in [0.15, 0.2) is 0 Å². The molecule has 0 aliphatic heterocycles. The summed E-state index contributed by atoms with van der Waals surface area (Å²) in [5, 5.41) is 1.83. The Labute approximate surface area is 110 Å². The Morgan fingerprint density at radius 1 is 1.00 bits per heavy atom. The molecule has 3 aromatic rings. The van der Waals surface area contributed by atoms with Gasteiger partial charge >= 0.3 is 11.1 Å². The molecule has 0 fully saturated rings. The van der Waals surface area contributed by atoms with E-state index in [1.807, 2.05) is 5.38 Å². The average molecular weight is 272 g/mol. The standard InChI is InChI=1S/C13H8N2O3S/c16-11(10-2-1-5-19-10)7-3-4-8-9(6-7)15-13(18)12(17)14-8/h1-6H,(H,14,17)(H,15,18). The van der Waals surface area contributed by atoms with Crippen LogP contribution in [0.4, 0.5) is 0 Å². The molecule has 0 aliphatic carbocycles. The molecule has 0 aliphatic rings. The third-order valence-corrected chi connectivity index (χ3v) is 3.60. The molecule has 0 amide bonds. The number of aromatic amines is 2. The van der Waals surface area contributed by atoms with E-state index < -0.39 is 11.1 Å². The van der Waals surface area contributed by atoms with E-state index in [1.54, 1.807) is 30.3 Å². The number of thiophene rings is 1. The van der Waals surface area contributed by atoms with Crippen molar-refractivity contribution in [1.82, 2.24) is 9.97 Å². The first kappa shape index (κ1) is 11.6. The molecule has 0 unspecified atom stereocenters. The van der Waals surface area contributed by atoms with Crippen LogP contribution < -0.4 is 11.1 Å². The predicted molar refractivity (Wildman–Crippen MR) is 72.9 cm³/mol. The van der Waals surface area contributed by atoms with E-state index >= 15 is 0 Å². The first-order chi connectivity index (χ1) is 9.15. The highest BCUT2D eigenvalue weighted by molar-refractivity contribution is 7.12. The van der Waals surface area contributed by atoms with Gasteiger partial charge in [-0.25, -0.2) is 0 Å². The summed E-state index contributed by atoms with van der Waals surface area (Å²) in [4.78, 5) is 40.1. The maximum Gasteiger partial charge on any atom is 0.314 e. The second-order valence-electron chi connectivity index (χ2n) is 3.98. The molecule has 0 bridgehead atoms. The number of H-pyrrole nitrogens is 2. The minimum absolute atomic E-state index is 0.107. The van der Waals surface area contributed by atoms with E-state index in [4.69, 9.17) is 0 Å². The van der Waals surface area contributed by atoms with Crippen molar-refractivity contribution in [2.24, 2.45) is 0 Å². The van der Waals surface area contributed by atoms with E-state index in [0.29, 0.717) is 21.5 Å². The lowest BCUT2D eigenvalue weighted by atomic mass is 10.1. The fourth-order valence-electron chi connectivity index (χ4n) is 1.81. The van der Waals surface area contributed by atoms with Crippen molar-refractivity contribution in [2.45, 2.75) is 0 Å². The topological polar surface area (TPSA) is 82.8 Å². The predicted octanol–water partition coefficient (Wildman–Crippen LogP) is 1.51. The van der Waals surface area contributed by atoms with Crippen LogP contribution in [-0.4, -0.2) is 15.8 Å². The minimum atomic E-state index is -0.728. The Morgan fingerprint density at radius 3 is 2.42 bits per heavy atom. The van der Waals surface area contributed by atoms with Crippen LogP contribution in [0.15, 0.2) is 45.3 Å². The van der Waals surface area contributed by atoms with Crippen LogP contribution in [-0.2, 0) is 0 Å². The highest BCUT2D eigenvalue weighted by Crippen LogP contribution is 2.17. The Balaban J connectivity index is 2.17. The van der Waals surface area contributed by atoms with Crippen LogP contribution in [0, 0.1) is 0 Å². The van der Waals surface area contributed by atoms with Gasteiger partial charge in [0.1, 0.15) is 0 Å². The van der Waals surface area contributed by atoms with Crippen molar-refractivity contribution in [1.29, 1.82) is 0 Å². The van der Waals surface area contributed by atoms with Gasteiger partial charge in [-0.3, -0.25) is 14.4 Å². The number of nitrogens with one attached hydrogen (secondary N) is 2. The van der Waals surface area contributed by atoms with E-state index in [2.05, 4.69) is 9.97 Å². The summed E-state index contributed by atoms with van der Waals surface area (Å²) < 4.78 is 0. The quantitative estimate of drug-likeness (QED) is 0.548. The number of ketones is 1. The molecule has 94 valence electrons. The highest BCUT2D eigenvalue weighted by Gasteiger charge is 2.11. The summed E-state index contributed by atoms with van der Waals surface area (Å²) >= 11 is 1.36. The number of fused-ring (bicyclic) bond motifs is 1. The largest absolute Gasteiger partial charge is 0.316 e. The Kier molecular flexibility index (Phi) is 2.64. The van der Waals surface area contributed by atoms with Gasteiger partial charge in [0.05, 0.1) is 15.9 Å². The monoisotopic (exact) mass is 272 g/mol. The van der Waals surface area contributed by atoms with Gasteiger partial charge in [0.25, 0.3) is 0 Å². The lowest BCUT2D eigenvalue weighted by molar-refractivity contribution is 0.104. The number of carbonyl (C=O) groups excluding carboxylic acids is 1. The summed E-state index contributed by atoms with van der Waals surface area (Å²) in [7, 11) is 0. The zero-order chi connectivity index (χ0) is 13.4. The SMILES string of the molecule is O=C(c1ccc2[nH]c(=O)c(=O)[nH]c2c1)c1cccs1. The molecular formula is C13H8N2O3S. The number of hydrogen-bond donors (Lipinski definition) is 2. The molecule has 3 rings (SSSR count). The van der Waals surface area contributed by atoms with E-state index in [9.17, 15) is 14.4 Å². The molecule has 0 radical (unpaired) electrons. The van der Waals surface area contributed by atoms with Crippen LogP contribution >= 0.6 is 11.3 Å². The van der Waals surface area contributed by atoms with Gasteiger partial charge in [-0.2, -0.15) is 0 Å². The zero-order valence-electron chi connectivity index (χ0n) is 9.60. The number of hydrogen-bond acceptors (Lipinski definition) is 4. The number of rotatable bonds is 2. The molecule has 2 heterocycles. The summed E-state index contributed by atoms with van der Waals surface area (Å²) in [6, 6.07) is 8.34. The van der Waals surface area contributed by atoms with Crippen LogP contribution in [0.1, 0.15) is 15.2 Å². The lowest BCUT2D eigenvalue weighted by Gasteiger charge is -2.01. The van der Waals surface area contributed by atoms with E-state index in [1.165, 1.54) is 11.3 Å². The van der Waals surface area contributed by atoms with Crippen molar-refractivity contribution in [2.75, 3.05) is 0 Å². The fourth-order valence-corrected chi connectivity index (χ4v) is 2.49. The van der Waals surface area contributed by atoms with Gasteiger partial charge in [0.2, 0.25) is 5.78 Å². The second kappa shape index (κ2) is 4.33. The first-order valence-corrected chi connectivity index (χ1v) is 6.38. The smallest absolute Gasteiger partial charge is 0.314 e. The summed E-state index contributed by atoms with van der Waals surface area (Å²) in [6.07, 6.45) is 0. The van der Waals surface area contributed by atoms with Crippen LogP contribution in [0.5, 0.6) is 0 Å². The van der Waals surface area contributed by atoms with E-state index in [-0.39, 0.29) is 5.78 Å². The van der Waals surface area contributed by atoms with Gasteiger partial charge in [-0.15, -0.1) is 11.3 Å². The summed E-state index contributed by atoms with van der Waals surface area (Å²) in [5.41, 5.74) is -0.0324. The Bertz CT molecular complexity index is 875. The average Bonchev–Trinajstić information content (AvgIpc) is 2.93. The molecule has 0 atom stereocenters. The third kappa shape index (κ3) is 2.02. The fraction of sp³-hybridized carbons (Fsp3) is 0. The molecule has 0 saturated carbocycles. The molecular weight excluding hydrogens is 264 g/mol. The second-order valence-corrected chi connectivity index (χ2v) is 4.92. The summed E-state index contributed by atoms with van der Waals surface area (Å²) in [5.74, 6) is -0.107. The molecule has 1 aromatic carbocycles. The number of aromatic nitrogens is 2. The zero-order valence-corrected chi connectivity index (χ0v) is 10.4.